The molecule has 17 heavy (non-hydrogen) atoms. The molecule has 0 radical (unpaired) electrons. The molecule has 2 fully saturated rings. The van der Waals surface area contributed by atoms with E-state index in [-0.39, 0.29) is 5.60 Å². The van der Waals surface area contributed by atoms with Crippen molar-refractivity contribution in [1.82, 2.24) is 4.90 Å². The van der Waals surface area contributed by atoms with Crippen molar-refractivity contribution in [2.75, 3.05) is 26.2 Å². The van der Waals surface area contributed by atoms with Crippen molar-refractivity contribution in [3.8, 4) is 0 Å². The topological polar surface area (TPSA) is 49.5 Å². The summed E-state index contributed by atoms with van der Waals surface area (Å²) in [5.74, 6) is 0.541. The molecule has 0 amide bonds. The average Bonchev–Trinajstić information content (AvgIpc) is 2.34. The second-order valence-electron chi connectivity index (χ2n) is 5.95. The fourth-order valence-corrected chi connectivity index (χ4v) is 3.50. The molecule has 2 atom stereocenters. The minimum atomic E-state index is -0.313. The third-order valence-corrected chi connectivity index (χ3v) is 4.69. The minimum Gasteiger partial charge on any atom is -0.390 e. The van der Waals surface area contributed by atoms with E-state index in [1.807, 2.05) is 0 Å². The lowest BCUT2D eigenvalue weighted by Crippen LogP contribution is -2.53. The second kappa shape index (κ2) is 6.17. The molecule has 2 unspecified atom stereocenters. The molecule has 3 nitrogen and oxygen atoms in total. The van der Waals surface area contributed by atoms with Crippen LogP contribution in [0.4, 0.5) is 0 Å². The number of unbranched alkanes of at least 4 members (excludes halogenated alkanes) is 2. The van der Waals surface area contributed by atoms with Crippen LogP contribution in [0.25, 0.3) is 0 Å². The fourth-order valence-electron chi connectivity index (χ4n) is 3.50. The summed E-state index contributed by atoms with van der Waals surface area (Å²) in [5.41, 5.74) is 5.19. The van der Waals surface area contributed by atoms with E-state index in [2.05, 4.69) is 4.90 Å². The van der Waals surface area contributed by atoms with E-state index in [9.17, 15) is 5.11 Å². The molecule has 100 valence electrons. The van der Waals surface area contributed by atoms with Crippen molar-refractivity contribution in [3.63, 3.8) is 0 Å². The highest BCUT2D eigenvalue weighted by Gasteiger charge is 2.42. The van der Waals surface area contributed by atoms with Gasteiger partial charge in [-0.25, -0.2) is 0 Å². The monoisotopic (exact) mass is 240 g/mol. The van der Waals surface area contributed by atoms with Crippen molar-refractivity contribution in [1.29, 1.82) is 0 Å². The highest BCUT2D eigenvalue weighted by molar-refractivity contribution is 4.95. The summed E-state index contributed by atoms with van der Waals surface area (Å²) in [6.45, 7) is 4.24. The maximum Gasteiger partial charge on any atom is 0.0700 e. The Bertz CT molecular complexity index is 234. The van der Waals surface area contributed by atoms with Crippen molar-refractivity contribution >= 4 is 0 Å². The van der Waals surface area contributed by atoms with Crippen LogP contribution in [0.1, 0.15) is 51.4 Å². The standard InChI is InChI=1S/C14H28N2O/c15-9-4-1-5-10-16-11-8-14(17)7-3-2-6-13(14)12-16/h13,17H,1-12,15H2. The molecule has 3 heteroatoms. The summed E-state index contributed by atoms with van der Waals surface area (Å²) in [6, 6.07) is 0. The highest BCUT2D eigenvalue weighted by atomic mass is 16.3. The number of rotatable bonds is 5. The van der Waals surface area contributed by atoms with E-state index in [4.69, 9.17) is 5.73 Å². The van der Waals surface area contributed by atoms with Crippen LogP contribution in [-0.2, 0) is 0 Å². The average molecular weight is 240 g/mol. The summed E-state index contributed by atoms with van der Waals surface area (Å²) in [5, 5.41) is 10.6. The normalized spacial score (nSPS) is 34.6. The van der Waals surface area contributed by atoms with Gasteiger partial charge in [-0.3, -0.25) is 0 Å². The van der Waals surface area contributed by atoms with Crippen LogP contribution in [0, 0.1) is 5.92 Å². The summed E-state index contributed by atoms with van der Waals surface area (Å²) in [4.78, 5) is 2.56. The molecule has 1 aliphatic carbocycles. The number of hydrogen-bond donors (Lipinski definition) is 2. The van der Waals surface area contributed by atoms with Gasteiger partial charge in [0.25, 0.3) is 0 Å². The highest BCUT2D eigenvalue weighted by Crippen LogP contribution is 2.39. The number of fused-ring (bicyclic) bond motifs is 1. The molecule has 1 heterocycles. The Morgan fingerprint density at radius 2 is 2.06 bits per heavy atom. The van der Waals surface area contributed by atoms with Crippen LogP contribution in [0.15, 0.2) is 0 Å². The van der Waals surface area contributed by atoms with Gasteiger partial charge in [-0.15, -0.1) is 0 Å². The molecule has 0 aromatic heterocycles. The van der Waals surface area contributed by atoms with E-state index in [1.165, 1.54) is 38.6 Å². The van der Waals surface area contributed by atoms with E-state index in [0.29, 0.717) is 5.92 Å². The van der Waals surface area contributed by atoms with Crippen LogP contribution in [0.2, 0.25) is 0 Å². The van der Waals surface area contributed by atoms with Gasteiger partial charge in [0.1, 0.15) is 0 Å². The summed E-state index contributed by atoms with van der Waals surface area (Å²) in [7, 11) is 0. The molecule has 3 N–H and O–H groups in total. The zero-order valence-corrected chi connectivity index (χ0v) is 11.0. The van der Waals surface area contributed by atoms with Gasteiger partial charge in [-0.05, 0) is 45.2 Å². The van der Waals surface area contributed by atoms with Crippen molar-refractivity contribution in [2.45, 2.75) is 57.0 Å². The predicted molar refractivity (Wildman–Crippen MR) is 70.9 cm³/mol. The molecule has 2 rings (SSSR count). The first kappa shape index (κ1) is 13.3. The van der Waals surface area contributed by atoms with Crippen LogP contribution < -0.4 is 5.73 Å². The van der Waals surface area contributed by atoms with Crippen LogP contribution in [0.5, 0.6) is 0 Å². The summed E-state index contributed by atoms with van der Waals surface area (Å²) < 4.78 is 0. The number of hydrogen-bond acceptors (Lipinski definition) is 3. The van der Waals surface area contributed by atoms with Crippen molar-refractivity contribution < 1.29 is 5.11 Å². The maximum atomic E-state index is 10.6. The zero-order valence-electron chi connectivity index (χ0n) is 11.0. The van der Waals surface area contributed by atoms with Gasteiger partial charge in [-0.2, -0.15) is 0 Å². The van der Waals surface area contributed by atoms with Crippen LogP contribution in [0.3, 0.4) is 0 Å². The minimum absolute atomic E-state index is 0.313. The van der Waals surface area contributed by atoms with E-state index in [0.717, 1.165) is 38.9 Å². The molecule has 1 saturated carbocycles. The Hall–Kier alpha value is -0.120. The lowest BCUT2D eigenvalue weighted by molar-refractivity contribution is -0.0953. The molecule has 2 aliphatic rings. The van der Waals surface area contributed by atoms with Crippen molar-refractivity contribution in [3.05, 3.63) is 0 Å². The third kappa shape index (κ3) is 3.43. The lowest BCUT2D eigenvalue weighted by Gasteiger charge is -2.47. The SMILES string of the molecule is NCCCCCN1CCC2(O)CCCCC2C1. The molecule has 0 bridgehead atoms. The van der Waals surface area contributed by atoms with Crippen LogP contribution >= 0.6 is 0 Å². The third-order valence-electron chi connectivity index (χ3n) is 4.69. The maximum absolute atomic E-state index is 10.6. The van der Waals surface area contributed by atoms with E-state index < -0.39 is 0 Å². The molecule has 1 aliphatic heterocycles. The number of likely N-dealkylation sites (tertiary alicyclic amines) is 1. The van der Waals surface area contributed by atoms with Gasteiger partial charge in [0.05, 0.1) is 5.60 Å². The Labute approximate surface area is 105 Å². The Morgan fingerprint density at radius 3 is 2.88 bits per heavy atom. The largest absolute Gasteiger partial charge is 0.390 e. The van der Waals surface area contributed by atoms with Gasteiger partial charge >= 0.3 is 0 Å². The lowest BCUT2D eigenvalue weighted by atomic mass is 9.71. The van der Waals surface area contributed by atoms with Gasteiger partial charge in [-0.1, -0.05) is 19.3 Å². The fraction of sp³-hybridized carbons (Fsp3) is 1.00. The molecular weight excluding hydrogens is 212 g/mol. The number of aliphatic hydroxyl groups is 1. The Kier molecular flexibility index (Phi) is 4.83. The number of nitrogens with two attached hydrogens (primary N) is 1. The molecule has 0 aromatic rings. The van der Waals surface area contributed by atoms with E-state index in [1.54, 1.807) is 0 Å². The second-order valence-corrected chi connectivity index (χ2v) is 5.95. The zero-order chi connectivity index (χ0) is 12.1. The molecule has 0 spiro atoms. The first-order chi connectivity index (χ1) is 8.24. The predicted octanol–water partition coefficient (Wildman–Crippen LogP) is 1.74. The number of nitrogens with zero attached hydrogens (tertiary/aromatic N) is 1. The first-order valence-corrected chi connectivity index (χ1v) is 7.39. The molecule has 1 saturated heterocycles. The van der Waals surface area contributed by atoms with E-state index >= 15 is 0 Å². The smallest absolute Gasteiger partial charge is 0.0700 e. The summed E-state index contributed by atoms with van der Waals surface area (Å²) in [6.07, 6.45) is 9.48. The van der Waals surface area contributed by atoms with Gasteiger partial charge in [0.15, 0.2) is 0 Å². The van der Waals surface area contributed by atoms with Crippen LogP contribution in [-0.4, -0.2) is 41.8 Å². The van der Waals surface area contributed by atoms with Gasteiger partial charge in [0, 0.05) is 19.0 Å². The van der Waals surface area contributed by atoms with Gasteiger partial charge in [0.2, 0.25) is 0 Å². The Balaban J connectivity index is 1.73. The quantitative estimate of drug-likeness (QED) is 0.720. The summed E-state index contributed by atoms with van der Waals surface area (Å²) >= 11 is 0. The Morgan fingerprint density at radius 1 is 1.18 bits per heavy atom. The van der Waals surface area contributed by atoms with Gasteiger partial charge < -0.3 is 15.7 Å². The first-order valence-electron chi connectivity index (χ1n) is 7.39. The molecule has 0 aromatic carbocycles. The molecular formula is C14H28N2O. The number of piperidine rings is 1. The van der Waals surface area contributed by atoms with Crippen molar-refractivity contribution in [2.24, 2.45) is 11.7 Å².